The molecule has 1 fully saturated rings. The van der Waals surface area contributed by atoms with Gasteiger partial charge in [-0.25, -0.2) is 0 Å². The lowest BCUT2D eigenvalue weighted by molar-refractivity contribution is -0.0880. The number of thiophene rings is 1. The molecule has 18 heavy (non-hydrogen) atoms. The lowest BCUT2D eigenvalue weighted by Crippen LogP contribution is -2.47. The van der Waals surface area contributed by atoms with Crippen LogP contribution in [0, 0.1) is 11.8 Å². The summed E-state index contributed by atoms with van der Waals surface area (Å²) in [5, 5.41) is 2.10. The number of morpholine rings is 1. The van der Waals surface area contributed by atoms with Crippen molar-refractivity contribution >= 4 is 11.3 Å². The van der Waals surface area contributed by atoms with E-state index in [0.717, 1.165) is 31.8 Å². The molecule has 1 aliphatic rings. The number of nitrogens with zero attached hydrogens (tertiary/aromatic N) is 1. The van der Waals surface area contributed by atoms with Crippen LogP contribution >= 0.6 is 11.3 Å². The Bertz CT molecular complexity index is 456. The smallest absolute Gasteiger partial charge is 0.0753 e. The summed E-state index contributed by atoms with van der Waals surface area (Å²) in [4.78, 5) is 3.76. The molecule has 0 bridgehead atoms. The zero-order chi connectivity index (χ0) is 13.0. The number of rotatable bonds is 2. The maximum Gasteiger partial charge on any atom is 0.0753 e. The van der Waals surface area contributed by atoms with Crippen molar-refractivity contribution in [2.75, 3.05) is 26.2 Å². The number of hydrogen-bond acceptors (Lipinski definition) is 4. The van der Waals surface area contributed by atoms with Gasteiger partial charge in [0.05, 0.1) is 18.8 Å². The third-order valence-corrected chi connectivity index (χ3v) is 3.85. The van der Waals surface area contributed by atoms with E-state index < -0.39 is 0 Å². The molecule has 0 radical (unpaired) electrons. The molecule has 4 heteroatoms. The second-order valence-corrected chi connectivity index (χ2v) is 6.08. The monoisotopic (exact) mass is 264 g/mol. The minimum atomic E-state index is -0.0430. The molecule has 0 amide bonds. The lowest BCUT2D eigenvalue weighted by Gasteiger charge is -2.38. The normalized spacial score (nSPS) is 19.3. The zero-order valence-electron chi connectivity index (χ0n) is 11.0. The van der Waals surface area contributed by atoms with Gasteiger partial charge >= 0.3 is 0 Å². The van der Waals surface area contributed by atoms with Crippen molar-refractivity contribution in [3.63, 3.8) is 0 Å². The van der Waals surface area contributed by atoms with Crippen molar-refractivity contribution in [1.82, 2.24) is 4.90 Å². The molecule has 2 N–H and O–H groups in total. The zero-order valence-corrected chi connectivity index (χ0v) is 11.8. The third-order valence-electron chi connectivity index (χ3n) is 2.94. The van der Waals surface area contributed by atoms with Crippen molar-refractivity contribution < 1.29 is 4.74 Å². The van der Waals surface area contributed by atoms with Crippen LogP contribution in [0.4, 0.5) is 0 Å². The highest BCUT2D eigenvalue weighted by molar-refractivity contribution is 7.10. The van der Waals surface area contributed by atoms with Crippen molar-refractivity contribution in [3.05, 3.63) is 21.9 Å². The third kappa shape index (κ3) is 3.56. The Balaban J connectivity index is 2.03. The fourth-order valence-electron chi connectivity index (χ4n) is 2.17. The van der Waals surface area contributed by atoms with Gasteiger partial charge in [0.25, 0.3) is 0 Å². The van der Waals surface area contributed by atoms with E-state index in [1.54, 1.807) is 11.3 Å². The Labute approximate surface area is 113 Å². The summed E-state index contributed by atoms with van der Waals surface area (Å²) in [6.07, 6.45) is 0. The second kappa shape index (κ2) is 5.85. The highest BCUT2D eigenvalue weighted by Crippen LogP contribution is 2.22. The van der Waals surface area contributed by atoms with Gasteiger partial charge in [-0.1, -0.05) is 11.8 Å². The van der Waals surface area contributed by atoms with E-state index in [4.69, 9.17) is 10.5 Å². The number of nitrogens with two attached hydrogens (primary N) is 1. The fraction of sp³-hybridized carbons (Fsp3) is 0.571. The Morgan fingerprint density at radius 3 is 3.11 bits per heavy atom. The van der Waals surface area contributed by atoms with Gasteiger partial charge < -0.3 is 10.5 Å². The Morgan fingerprint density at radius 1 is 1.56 bits per heavy atom. The first-order valence-electron chi connectivity index (χ1n) is 6.22. The predicted molar refractivity (Wildman–Crippen MR) is 75.6 cm³/mol. The molecule has 1 aromatic heterocycles. The van der Waals surface area contributed by atoms with Crippen molar-refractivity contribution in [2.45, 2.75) is 26.0 Å². The van der Waals surface area contributed by atoms with Crippen molar-refractivity contribution in [2.24, 2.45) is 5.73 Å². The second-order valence-electron chi connectivity index (χ2n) is 5.08. The van der Waals surface area contributed by atoms with E-state index in [1.165, 1.54) is 4.88 Å². The average Bonchev–Trinajstić information content (AvgIpc) is 2.72. The molecule has 0 aromatic carbocycles. The molecule has 3 nitrogen and oxygen atoms in total. The maximum atomic E-state index is 5.73. The van der Waals surface area contributed by atoms with Crippen LogP contribution < -0.4 is 5.73 Å². The average molecular weight is 264 g/mol. The van der Waals surface area contributed by atoms with Gasteiger partial charge in [-0.05, 0) is 25.3 Å². The Morgan fingerprint density at radius 2 is 2.39 bits per heavy atom. The van der Waals surface area contributed by atoms with E-state index in [2.05, 4.69) is 42.0 Å². The van der Waals surface area contributed by atoms with Gasteiger partial charge in [0, 0.05) is 30.1 Å². The van der Waals surface area contributed by atoms with Crippen LogP contribution in [0.1, 0.15) is 24.3 Å². The standard InChI is InChI=1S/C14H20N2OS/c1-14(2)11-16(7-8-17-14)10-13-12(4-3-6-15)5-9-18-13/h5,9H,6-8,10-11,15H2,1-2H3. The van der Waals surface area contributed by atoms with Gasteiger partial charge in [0.15, 0.2) is 0 Å². The number of hydrogen-bond donors (Lipinski definition) is 1. The van der Waals surface area contributed by atoms with Gasteiger partial charge in [-0.3, -0.25) is 4.90 Å². The molecule has 0 unspecified atom stereocenters. The summed E-state index contributed by atoms with van der Waals surface area (Å²) in [5.41, 5.74) is 6.49. The summed E-state index contributed by atoms with van der Waals surface area (Å²) >= 11 is 1.77. The molecule has 0 saturated carbocycles. The summed E-state index contributed by atoms with van der Waals surface area (Å²) in [6, 6.07) is 2.08. The Hall–Kier alpha value is -0.860. The molecular weight excluding hydrogens is 244 g/mol. The largest absolute Gasteiger partial charge is 0.373 e. The molecule has 2 heterocycles. The first-order valence-corrected chi connectivity index (χ1v) is 7.10. The topological polar surface area (TPSA) is 38.5 Å². The van der Waals surface area contributed by atoms with E-state index in [9.17, 15) is 0 Å². The van der Waals surface area contributed by atoms with E-state index in [1.807, 2.05) is 0 Å². The fourth-order valence-corrected chi connectivity index (χ4v) is 3.04. The van der Waals surface area contributed by atoms with Crippen molar-refractivity contribution in [1.29, 1.82) is 0 Å². The van der Waals surface area contributed by atoms with Gasteiger partial charge in [-0.2, -0.15) is 0 Å². The SMILES string of the molecule is CC1(C)CN(Cc2sccc2C#CCN)CCO1. The molecule has 0 spiro atoms. The minimum absolute atomic E-state index is 0.0430. The molecule has 1 aliphatic heterocycles. The van der Waals surface area contributed by atoms with Crippen LogP contribution in [0.15, 0.2) is 11.4 Å². The van der Waals surface area contributed by atoms with Crippen LogP contribution in [0.5, 0.6) is 0 Å². The molecule has 98 valence electrons. The Kier molecular flexibility index (Phi) is 4.41. The highest BCUT2D eigenvalue weighted by atomic mass is 32.1. The molecule has 1 aromatic rings. The van der Waals surface area contributed by atoms with Crippen LogP contribution in [0.25, 0.3) is 0 Å². The van der Waals surface area contributed by atoms with E-state index in [0.29, 0.717) is 6.54 Å². The van der Waals surface area contributed by atoms with Gasteiger partial charge in [-0.15, -0.1) is 11.3 Å². The van der Waals surface area contributed by atoms with Crippen LogP contribution in [-0.4, -0.2) is 36.7 Å². The van der Waals surface area contributed by atoms with E-state index >= 15 is 0 Å². The van der Waals surface area contributed by atoms with E-state index in [-0.39, 0.29) is 5.60 Å². The molecular formula is C14H20N2OS. The number of ether oxygens (including phenoxy) is 1. The molecule has 1 saturated heterocycles. The van der Waals surface area contributed by atoms with Crippen LogP contribution in [-0.2, 0) is 11.3 Å². The first kappa shape index (κ1) is 13.6. The lowest BCUT2D eigenvalue weighted by atomic mass is 10.1. The first-order chi connectivity index (χ1) is 8.61. The molecule has 2 rings (SSSR count). The summed E-state index contributed by atoms with van der Waals surface area (Å²) in [6.45, 7) is 8.42. The maximum absolute atomic E-state index is 5.73. The summed E-state index contributed by atoms with van der Waals surface area (Å²) < 4.78 is 5.73. The molecule has 0 aliphatic carbocycles. The quantitative estimate of drug-likeness (QED) is 0.826. The molecule has 0 atom stereocenters. The van der Waals surface area contributed by atoms with Gasteiger partial charge in [0.1, 0.15) is 0 Å². The van der Waals surface area contributed by atoms with Crippen LogP contribution in [0.3, 0.4) is 0 Å². The summed E-state index contributed by atoms with van der Waals surface area (Å²) in [7, 11) is 0. The highest BCUT2D eigenvalue weighted by Gasteiger charge is 2.27. The minimum Gasteiger partial charge on any atom is -0.373 e. The van der Waals surface area contributed by atoms with Gasteiger partial charge in [0.2, 0.25) is 0 Å². The van der Waals surface area contributed by atoms with Crippen molar-refractivity contribution in [3.8, 4) is 11.8 Å². The van der Waals surface area contributed by atoms with Crippen LogP contribution in [0.2, 0.25) is 0 Å². The predicted octanol–water partition coefficient (Wildman–Crippen LogP) is 1.67. The summed E-state index contributed by atoms with van der Waals surface area (Å²) in [5.74, 6) is 6.07.